The van der Waals surface area contributed by atoms with E-state index < -0.39 is 31.7 Å². The van der Waals surface area contributed by atoms with Gasteiger partial charge >= 0.3 is 7.75 Å². The van der Waals surface area contributed by atoms with Gasteiger partial charge in [-0.15, -0.1) is 0 Å². The van der Waals surface area contributed by atoms with Crippen LogP contribution in [0.2, 0.25) is 0 Å². The topological polar surface area (TPSA) is 182 Å². The lowest BCUT2D eigenvalue weighted by atomic mass is 9.93. The van der Waals surface area contributed by atoms with Gasteiger partial charge in [-0.2, -0.15) is 9.97 Å². The molecule has 2 aromatic heterocycles. The summed E-state index contributed by atoms with van der Waals surface area (Å²) in [5.41, 5.74) is 11.7. The zero-order chi connectivity index (χ0) is 24.8. The van der Waals surface area contributed by atoms with Crippen LogP contribution in [0.3, 0.4) is 0 Å². The summed E-state index contributed by atoms with van der Waals surface area (Å²) in [5, 5.41) is 13.9. The number of anilines is 1. The quantitative estimate of drug-likeness (QED) is 0.307. The Hall–Kier alpha value is -2.80. The first kappa shape index (κ1) is 23.9. The number of benzene rings is 1. The molecule has 6 N–H and O–H groups in total. The molecule has 0 radical (unpaired) electrons. The number of hydrogen-bond acceptors (Lipinski definition) is 11. The van der Waals surface area contributed by atoms with Crippen LogP contribution in [0.15, 0.2) is 36.7 Å². The molecule has 3 aromatic rings. The Morgan fingerprint density at radius 3 is 2.74 bits per heavy atom. The van der Waals surface area contributed by atoms with Crippen molar-refractivity contribution < 1.29 is 28.2 Å². The van der Waals surface area contributed by atoms with Gasteiger partial charge < -0.3 is 30.6 Å². The van der Waals surface area contributed by atoms with Crippen molar-refractivity contribution in [3.63, 3.8) is 0 Å². The summed E-state index contributed by atoms with van der Waals surface area (Å²) >= 11 is 0. The highest BCUT2D eigenvalue weighted by molar-refractivity contribution is 7.52. The molecular formula is C21H28N7O6P. The minimum Gasteiger partial charge on any atom is -0.479 e. The molecule has 2 unspecified atom stereocenters. The molecule has 188 valence electrons. The van der Waals surface area contributed by atoms with Crippen molar-refractivity contribution in [3.8, 4) is 11.6 Å². The predicted molar refractivity (Wildman–Crippen MR) is 126 cm³/mol. The van der Waals surface area contributed by atoms with Crippen molar-refractivity contribution in [1.82, 2.24) is 24.6 Å². The molecule has 3 heterocycles. The zero-order valence-electron chi connectivity index (χ0n) is 19.3. The highest BCUT2D eigenvalue weighted by Crippen LogP contribution is 2.48. The Labute approximate surface area is 201 Å². The van der Waals surface area contributed by atoms with E-state index in [4.69, 9.17) is 30.0 Å². The molecule has 1 aliphatic carbocycles. The van der Waals surface area contributed by atoms with Crippen molar-refractivity contribution in [2.24, 2.45) is 5.73 Å². The number of imidazole rings is 1. The van der Waals surface area contributed by atoms with Gasteiger partial charge in [0.15, 0.2) is 17.4 Å². The summed E-state index contributed by atoms with van der Waals surface area (Å²) in [4.78, 5) is 12.6. The number of nitrogens with zero attached hydrogens (tertiary/aromatic N) is 4. The molecule has 2 fully saturated rings. The Morgan fingerprint density at radius 2 is 2.06 bits per heavy atom. The number of aromatic nitrogens is 4. The summed E-state index contributed by atoms with van der Waals surface area (Å²) in [6.07, 6.45) is 0.240. The number of nitrogens with two attached hydrogens (primary N) is 2. The standard InChI is InChI=1S/C21H28N7O6P/c1-21(23)16(29)14(10-32-35(30,27-12-8-9-12)34-13-6-4-3-5-7-13)33-19(21)28-11-24-15-17(28)25-20(22)26-18(15)31-2/h3-7,11-12,14,16,19,29H,8-10,23H2,1-2H3,(H,27,30)(H2,22,25,26)/t14-,16-,19?,21-,35?/m1/s1. The maximum Gasteiger partial charge on any atom is 0.459 e. The van der Waals surface area contributed by atoms with Gasteiger partial charge in [-0.05, 0) is 31.9 Å². The third-order valence-electron chi connectivity index (χ3n) is 5.97. The summed E-state index contributed by atoms with van der Waals surface area (Å²) in [6.45, 7) is 1.40. The SMILES string of the molecule is COc1nc(N)nc2c1ncn2C1O[C@H](COP(=O)(NC2CC2)Oc2ccccc2)[C@@H](O)[C@@]1(C)N. The largest absolute Gasteiger partial charge is 0.479 e. The Balaban J connectivity index is 1.37. The van der Waals surface area contributed by atoms with Crippen LogP contribution in [0.25, 0.3) is 11.2 Å². The Morgan fingerprint density at radius 1 is 1.31 bits per heavy atom. The lowest BCUT2D eigenvalue weighted by Crippen LogP contribution is -2.52. The number of para-hydroxylation sites is 1. The molecule has 1 saturated heterocycles. The second-order valence-corrected chi connectivity index (χ2v) is 10.5. The highest BCUT2D eigenvalue weighted by atomic mass is 31.2. The fourth-order valence-electron chi connectivity index (χ4n) is 3.97. The number of nitrogen functional groups attached to an aromatic ring is 1. The van der Waals surface area contributed by atoms with E-state index in [9.17, 15) is 9.67 Å². The molecule has 1 saturated carbocycles. The van der Waals surface area contributed by atoms with Gasteiger partial charge in [0.1, 0.15) is 18.0 Å². The second-order valence-electron chi connectivity index (χ2n) is 8.85. The molecule has 14 heteroatoms. The van der Waals surface area contributed by atoms with Crippen molar-refractivity contribution >= 4 is 24.9 Å². The third-order valence-corrected chi connectivity index (χ3v) is 7.60. The fourth-order valence-corrected chi connectivity index (χ4v) is 5.60. The van der Waals surface area contributed by atoms with Crippen LogP contribution in [-0.2, 0) is 13.8 Å². The smallest absolute Gasteiger partial charge is 0.459 e. The minimum absolute atomic E-state index is 0.0154. The van der Waals surface area contributed by atoms with E-state index in [-0.39, 0.29) is 24.5 Å². The number of nitrogens with one attached hydrogen (secondary N) is 1. The number of aliphatic hydroxyl groups excluding tert-OH is 1. The summed E-state index contributed by atoms with van der Waals surface area (Å²) in [7, 11) is -2.30. The molecule has 35 heavy (non-hydrogen) atoms. The summed E-state index contributed by atoms with van der Waals surface area (Å²) in [5.74, 6) is 0.585. The van der Waals surface area contributed by atoms with Crippen molar-refractivity contribution in [2.45, 2.75) is 49.8 Å². The lowest BCUT2D eigenvalue weighted by molar-refractivity contribution is -0.0423. The van der Waals surface area contributed by atoms with Gasteiger partial charge in [0.05, 0.1) is 25.6 Å². The Bertz CT molecular complexity index is 1250. The van der Waals surface area contributed by atoms with Crippen LogP contribution in [0.5, 0.6) is 11.6 Å². The van der Waals surface area contributed by atoms with Crippen molar-refractivity contribution in [2.75, 3.05) is 19.5 Å². The molecule has 13 nitrogen and oxygen atoms in total. The molecule has 0 amide bonds. The van der Waals surface area contributed by atoms with Crippen LogP contribution in [0.4, 0.5) is 5.95 Å². The van der Waals surface area contributed by atoms with Crippen molar-refractivity contribution in [1.29, 1.82) is 0 Å². The average Bonchev–Trinajstić information content (AvgIpc) is 3.48. The number of ether oxygens (including phenoxy) is 2. The normalized spacial score (nSPS) is 28.2. The van der Waals surface area contributed by atoms with Crippen LogP contribution in [0.1, 0.15) is 26.0 Å². The highest BCUT2D eigenvalue weighted by Gasteiger charge is 2.53. The molecule has 1 aromatic carbocycles. The van der Waals surface area contributed by atoms with Crippen LogP contribution in [0, 0.1) is 0 Å². The number of aliphatic hydroxyl groups is 1. The van der Waals surface area contributed by atoms with E-state index in [1.54, 1.807) is 35.8 Å². The van der Waals surface area contributed by atoms with E-state index in [1.165, 1.54) is 13.4 Å². The van der Waals surface area contributed by atoms with Crippen molar-refractivity contribution in [3.05, 3.63) is 36.7 Å². The number of fused-ring (bicyclic) bond motifs is 1. The lowest BCUT2D eigenvalue weighted by Gasteiger charge is -2.28. The Kier molecular flexibility index (Phi) is 6.16. The summed E-state index contributed by atoms with van der Waals surface area (Å²) < 4.78 is 37.8. The first-order valence-corrected chi connectivity index (χ1v) is 12.7. The molecular weight excluding hydrogens is 477 g/mol. The maximum absolute atomic E-state index is 13.5. The number of hydrogen-bond donors (Lipinski definition) is 4. The van der Waals surface area contributed by atoms with Crippen LogP contribution < -0.4 is 25.8 Å². The van der Waals surface area contributed by atoms with E-state index >= 15 is 0 Å². The van der Waals surface area contributed by atoms with Gasteiger partial charge in [-0.1, -0.05) is 18.2 Å². The third kappa shape index (κ3) is 4.70. The van der Waals surface area contributed by atoms with E-state index in [1.807, 2.05) is 6.07 Å². The number of rotatable bonds is 9. The average molecular weight is 505 g/mol. The van der Waals surface area contributed by atoms with E-state index in [0.717, 1.165) is 12.8 Å². The van der Waals surface area contributed by atoms with Gasteiger partial charge in [0.2, 0.25) is 11.8 Å². The molecule has 5 atom stereocenters. The van der Waals surface area contributed by atoms with E-state index in [0.29, 0.717) is 16.9 Å². The minimum atomic E-state index is -3.75. The van der Waals surface area contributed by atoms with Gasteiger partial charge in [0, 0.05) is 6.04 Å². The van der Waals surface area contributed by atoms with Crippen LogP contribution >= 0.6 is 7.75 Å². The van der Waals surface area contributed by atoms with Crippen LogP contribution in [-0.4, -0.2) is 62.1 Å². The molecule has 5 rings (SSSR count). The molecule has 0 bridgehead atoms. The fraction of sp³-hybridized carbons (Fsp3) is 0.476. The molecule has 2 aliphatic rings. The summed E-state index contributed by atoms with van der Waals surface area (Å²) in [6, 6.07) is 8.78. The first-order chi connectivity index (χ1) is 16.7. The monoisotopic (exact) mass is 505 g/mol. The molecule has 0 spiro atoms. The predicted octanol–water partition coefficient (Wildman–Crippen LogP) is 1.35. The van der Waals surface area contributed by atoms with E-state index in [2.05, 4.69) is 20.0 Å². The zero-order valence-corrected chi connectivity index (χ0v) is 20.2. The molecule has 1 aliphatic heterocycles. The maximum atomic E-state index is 13.5. The number of methoxy groups -OCH3 is 1. The van der Waals surface area contributed by atoms with Gasteiger partial charge in [0.25, 0.3) is 0 Å². The second kappa shape index (κ2) is 9.01. The van der Waals surface area contributed by atoms with Gasteiger partial charge in [-0.3, -0.25) is 9.09 Å². The first-order valence-electron chi connectivity index (χ1n) is 11.1. The van der Waals surface area contributed by atoms with Gasteiger partial charge in [-0.25, -0.2) is 14.6 Å².